The van der Waals surface area contributed by atoms with Gasteiger partial charge in [0, 0.05) is 37.1 Å². The average molecular weight is 351 g/mol. The Balaban J connectivity index is 1.84. The van der Waals surface area contributed by atoms with E-state index in [0.717, 1.165) is 22.6 Å². The average Bonchev–Trinajstić information content (AvgIpc) is 3.10. The third-order valence-electron chi connectivity index (χ3n) is 3.98. The molecule has 0 saturated heterocycles. The van der Waals surface area contributed by atoms with Gasteiger partial charge in [-0.1, -0.05) is 6.07 Å². The van der Waals surface area contributed by atoms with E-state index in [1.165, 1.54) is 6.92 Å². The number of anilines is 1. The normalized spacial score (nSPS) is 10.4. The van der Waals surface area contributed by atoms with Gasteiger partial charge in [0.25, 0.3) is 0 Å². The number of carbonyl (C=O) groups excluding carboxylic acids is 1. The molecule has 3 rings (SSSR count). The molecule has 0 unspecified atom stereocenters. The molecular formula is C20H21N3O3. The molecule has 0 aliphatic heterocycles. The molecule has 0 radical (unpaired) electrons. The molecule has 3 aromatic rings. The minimum atomic E-state index is -0.0901. The molecule has 26 heavy (non-hydrogen) atoms. The van der Waals surface area contributed by atoms with Gasteiger partial charge in [-0.15, -0.1) is 0 Å². The van der Waals surface area contributed by atoms with Gasteiger partial charge in [0.15, 0.2) is 11.5 Å². The Morgan fingerprint density at radius 3 is 2.46 bits per heavy atom. The van der Waals surface area contributed by atoms with Crippen molar-refractivity contribution < 1.29 is 14.3 Å². The zero-order valence-electron chi connectivity index (χ0n) is 15.0. The second-order valence-electron chi connectivity index (χ2n) is 5.83. The van der Waals surface area contributed by atoms with Gasteiger partial charge in [0.05, 0.1) is 14.2 Å². The maximum atomic E-state index is 11.1. The van der Waals surface area contributed by atoms with Crippen molar-refractivity contribution in [2.45, 2.75) is 13.5 Å². The lowest BCUT2D eigenvalue weighted by atomic mass is 10.1. The summed E-state index contributed by atoms with van der Waals surface area (Å²) in [4.78, 5) is 15.6. The van der Waals surface area contributed by atoms with Crippen molar-refractivity contribution in [2.75, 3.05) is 19.5 Å². The number of amides is 1. The van der Waals surface area contributed by atoms with E-state index in [9.17, 15) is 4.79 Å². The number of benzene rings is 2. The zero-order valence-corrected chi connectivity index (χ0v) is 15.0. The second kappa shape index (κ2) is 7.74. The molecule has 134 valence electrons. The first-order chi connectivity index (χ1) is 12.6. The Labute approximate surface area is 152 Å². The van der Waals surface area contributed by atoms with Crippen molar-refractivity contribution in [3.63, 3.8) is 0 Å². The highest BCUT2D eigenvalue weighted by molar-refractivity contribution is 5.88. The van der Waals surface area contributed by atoms with Gasteiger partial charge in [0.1, 0.15) is 5.82 Å². The van der Waals surface area contributed by atoms with Crippen LogP contribution in [-0.2, 0) is 11.3 Å². The van der Waals surface area contributed by atoms with E-state index in [0.29, 0.717) is 18.0 Å². The molecular weight excluding hydrogens is 330 g/mol. The third-order valence-corrected chi connectivity index (χ3v) is 3.98. The summed E-state index contributed by atoms with van der Waals surface area (Å²) in [7, 11) is 3.25. The summed E-state index contributed by atoms with van der Waals surface area (Å²) in [6.45, 7) is 2.15. The summed E-state index contributed by atoms with van der Waals surface area (Å²) < 4.78 is 12.7. The molecule has 0 aliphatic rings. The van der Waals surface area contributed by atoms with Crippen LogP contribution in [0.2, 0.25) is 0 Å². The molecule has 0 atom stereocenters. The predicted octanol–water partition coefficient (Wildman–Crippen LogP) is 3.57. The summed E-state index contributed by atoms with van der Waals surface area (Å²) in [5, 5.41) is 2.76. The van der Waals surface area contributed by atoms with Crippen molar-refractivity contribution in [2.24, 2.45) is 0 Å². The molecule has 1 amide bonds. The number of nitrogens with one attached hydrogen (secondary N) is 1. The minimum Gasteiger partial charge on any atom is -0.493 e. The highest BCUT2D eigenvalue weighted by atomic mass is 16.5. The lowest BCUT2D eigenvalue weighted by Crippen LogP contribution is -2.05. The van der Waals surface area contributed by atoms with Gasteiger partial charge in [-0.05, 0) is 42.0 Å². The molecule has 0 fully saturated rings. The van der Waals surface area contributed by atoms with Crippen LogP contribution in [0.15, 0.2) is 54.9 Å². The van der Waals surface area contributed by atoms with Crippen LogP contribution in [0.3, 0.4) is 0 Å². The van der Waals surface area contributed by atoms with Crippen LogP contribution in [-0.4, -0.2) is 29.7 Å². The maximum absolute atomic E-state index is 11.1. The van der Waals surface area contributed by atoms with E-state index in [1.54, 1.807) is 20.4 Å². The first kappa shape index (κ1) is 17.5. The predicted molar refractivity (Wildman–Crippen MR) is 101 cm³/mol. The third kappa shape index (κ3) is 3.85. The summed E-state index contributed by atoms with van der Waals surface area (Å²) in [6, 6.07) is 13.5. The largest absolute Gasteiger partial charge is 0.493 e. The minimum absolute atomic E-state index is 0.0901. The van der Waals surface area contributed by atoms with Crippen LogP contribution >= 0.6 is 0 Å². The fourth-order valence-corrected chi connectivity index (χ4v) is 2.78. The van der Waals surface area contributed by atoms with E-state index in [4.69, 9.17) is 9.47 Å². The monoisotopic (exact) mass is 351 g/mol. The number of hydrogen-bond acceptors (Lipinski definition) is 4. The van der Waals surface area contributed by atoms with Gasteiger partial charge in [-0.25, -0.2) is 4.98 Å². The fraction of sp³-hybridized carbons (Fsp3) is 0.200. The summed E-state index contributed by atoms with van der Waals surface area (Å²) in [6.07, 6.45) is 3.71. The standard InChI is InChI=1S/C20H21N3O3/c1-14(24)22-17-7-5-16(6-8-17)20-21-10-11-23(20)13-15-4-9-18(25-2)19(12-15)26-3/h4-12H,13H2,1-3H3,(H,22,24). The molecule has 2 aromatic carbocycles. The highest BCUT2D eigenvalue weighted by Crippen LogP contribution is 2.28. The van der Waals surface area contributed by atoms with Crippen LogP contribution in [0.25, 0.3) is 11.4 Å². The number of hydrogen-bond donors (Lipinski definition) is 1. The van der Waals surface area contributed by atoms with Crippen LogP contribution in [0.4, 0.5) is 5.69 Å². The van der Waals surface area contributed by atoms with Crippen LogP contribution in [0.1, 0.15) is 12.5 Å². The van der Waals surface area contributed by atoms with Crippen molar-refractivity contribution >= 4 is 11.6 Å². The first-order valence-electron chi connectivity index (χ1n) is 8.20. The summed E-state index contributed by atoms with van der Waals surface area (Å²) in [5.74, 6) is 2.17. The molecule has 6 heteroatoms. The Morgan fingerprint density at radius 1 is 1.08 bits per heavy atom. The summed E-state index contributed by atoms with van der Waals surface area (Å²) in [5.41, 5.74) is 2.82. The second-order valence-corrected chi connectivity index (χ2v) is 5.83. The van der Waals surface area contributed by atoms with Gasteiger partial charge in [0.2, 0.25) is 5.91 Å². The number of carbonyl (C=O) groups is 1. The molecule has 0 aliphatic carbocycles. The van der Waals surface area contributed by atoms with Crippen molar-refractivity contribution in [1.29, 1.82) is 0 Å². The van der Waals surface area contributed by atoms with E-state index < -0.39 is 0 Å². The zero-order chi connectivity index (χ0) is 18.5. The highest BCUT2D eigenvalue weighted by Gasteiger charge is 2.09. The number of methoxy groups -OCH3 is 2. The Morgan fingerprint density at radius 2 is 1.81 bits per heavy atom. The number of imidazole rings is 1. The molecule has 0 spiro atoms. The molecule has 0 saturated carbocycles. The summed E-state index contributed by atoms with van der Waals surface area (Å²) >= 11 is 0. The van der Waals surface area contributed by atoms with E-state index >= 15 is 0 Å². The Bertz CT molecular complexity index is 901. The fourth-order valence-electron chi connectivity index (χ4n) is 2.78. The van der Waals surface area contributed by atoms with Gasteiger partial charge in [-0.2, -0.15) is 0 Å². The van der Waals surface area contributed by atoms with E-state index in [1.807, 2.05) is 48.7 Å². The van der Waals surface area contributed by atoms with Crippen molar-refractivity contribution in [3.05, 3.63) is 60.4 Å². The van der Waals surface area contributed by atoms with Gasteiger partial charge < -0.3 is 19.4 Å². The van der Waals surface area contributed by atoms with Gasteiger partial charge >= 0.3 is 0 Å². The number of rotatable bonds is 6. The first-order valence-corrected chi connectivity index (χ1v) is 8.20. The Hall–Kier alpha value is -3.28. The Kier molecular flexibility index (Phi) is 5.22. The molecule has 6 nitrogen and oxygen atoms in total. The molecule has 1 heterocycles. The molecule has 1 N–H and O–H groups in total. The smallest absolute Gasteiger partial charge is 0.221 e. The maximum Gasteiger partial charge on any atom is 0.221 e. The lowest BCUT2D eigenvalue weighted by molar-refractivity contribution is -0.114. The van der Waals surface area contributed by atoms with E-state index in [-0.39, 0.29) is 5.91 Å². The van der Waals surface area contributed by atoms with Crippen LogP contribution in [0, 0.1) is 0 Å². The van der Waals surface area contributed by atoms with Crippen LogP contribution < -0.4 is 14.8 Å². The lowest BCUT2D eigenvalue weighted by Gasteiger charge is -2.12. The van der Waals surface area contributed by atoms with Gasteiger partial charge in [-0.3, -0.25) is 4.79 Å². The topological polar surface area (TPSA) is 65.4 Å². The number of nitrogens with zero attached hydrogens (tertiary/aromatic N) is 2. The molecule has 0 bridgehead atoms. The van der Waals surface area contributed by atoms with Crippen molar-refractivity contribution in [3.8, 4) is 22.9 Å². The number of ether oxygens (including phenoxy) is 2. The quantitative estimate of drug-likeness (QED) is 0.737. The SMILES string of the molecule is COc1ccc(Cn2ccnc2-c2ccc(NC(C)=O)cc2)cc1OC. The van der Waals surface area contributed by atoms with Crippen molar-refractivity contribution in [1.82, 2.24) is 9.55 Å². The van der Waals surface area contributed by atoms with Crippen LogP contribution in [0.5, 0.6) is 11.5 Å². The molecule has 1 aromatic heterocycles. The number of aromatic nitrogens is 2. The van der Waals surface area contributed by atoms with E-state index in [2.05, 4.69) is 14.9 Å².